The molecule has 4 aromatic heterocycles. The molecule has 4 heterocycles. The summed E-state index contributed by atoms with van der Waals surface area (Å²) in [6, 6.07) is 64.8. The maximum absolute atomic E-state index is 5.14. The van der Waals surface area contributed by atoms with Crippen molar-refractivity contribution in [2.24, 2.45) is 0 Å². The second-order valence-corrected chi connectivity index (χ2v) is 13.5. The van der Waals surface area contributed by atoms with Crippen LogP contribution in [0.25, 0.3) is 99.5 Å². The van der Waals surface area contributed by atoms with Crippen LogP contribution in [0.1, 0.15) is 0 Å². The Balaban J connectivity index is 1.17. The van der Waals surface area contributed by atoms with Crippen molar-refractivity contribution in [3.8, 4) is 39.6 Å². The van der Waals surface area contributed by atoms with E-state index in [0.717, 1.165) is 44.8 Å². The summed E-state index contributed by atoms with van der Waals surface area (Å²) in [5.74, 6) is 0.696. The molecule has 0 saturated heterocycles. The minimum Gasteiger partial charge on any atom is -0.309 e. The third-order valence-electron chi connectivity index (χ3n) is 10.5. The lowest BCUT2D eigenvalue weighted by atomic mass is 10.1. The molecule has 0 spiro atoms. The fourth-order valence-corrected chi connectivity index (χ4v) is 8.12. The molecule has 0 atom stereocenters. The van der Waals surface area contributed by atoms with Gasteiger partial charge in [0.25, 0.3) is 0 Å². The van der Waals surface area contributed by atoms with Gasteiger partial charge in [0.2, 0.25) is 0 Å². The highest BCUT2D eigenvalue weighted by Crippen LogP contribution is 2.39. The maximum Gasteiger partial charge on any atom is 0.160 e. The first kappa shape index (κ1) is 28.8. The molecule has 242 valence electrons. The van der Waals surface area contributed by atoms with E-state index in [1.807, 2.05) is 12.1 Å². The lowest BCUT2D eigenvalue weighted by Crippen LogP contribution is -1.98. The van der Waals surface area contributed by atoms with E-state index in [2.05, 4.69) is 179 Å². The van der Waals surface area contributed by atoms with Crippen LogP contribution in [-0.4, -0.2) is 18.9 Å². The van der Waals surface area contributed by atoms with Crippen molar-refractivity contribution >= 4 is 59.9 Å². The minimum atomic E-state index is 0.696. The minimum absolute atomic E-state index is 0.696. The third-order valence-corrected chi connectivity index (χ3v) is 10.5. The molecular formula is C48H30N4. The van der Waals surface area contributed by atoms with E-state index in [9.17, 15) is 0 Å². The van der Waals surface area contributed by atoms with Crippen LogP contribution < -0.4 is 0 Å². The van der Waals surface area contributed by atoms with E-state index < -0.39 is 0 Å². The van der Waals surface area contributed by atoms with E-state index in [-0.39, 0.29) is 0 Å². The Labute approximate surface area is 299 Å². The van der Waals surface area contributed by atoms with Gasteiger partial charge in [-0.1, -0.05) is 133 Å². The molecule has 0 unspecified atom stereocenters. The van der Waals surface area contributed by atoms with Gasteiger partial charge in [-0.2, -0.15) is 0 Å². The molecule has 52 heavy (non-hydrogen) atoms. The fraction of sp³-hybridized carbons (Fsp3) is 0. The molecule has 0 aliphatic carbocycles. The van der Waals surface area contributed by atoms with Crippen LogP contribution in [0.4, 0.5) is 0 Å². The first-order valence-electron chi connectivity index (χ1n) is 17.7. The Morgan fingerprint density at radius 1 is 0.327 bits per heavy atom. The summed E-state index contributed by atoms with van der Waals surface area (Å²) in [5, 5.41) is 7.47. The number of para-hydroxylation sites is 2. The molecule has 0 N–H and O–H groups in total. The van der Waals surface area contributed by atoms with E-state index in [0.29, 0.717) is 5.82 Å². The largest absolute Gasteiger partial charge is 0.309 e. The molecule has 4 nitrogen and oxygen atoms in total. The van der Waals surface area contributed by atoms with Crippen molar-refractivity contribution in [2.75, 3.05) is 0 Å². The molecule has 0 fully saturated rings. The van der Waals surface area contributed by atoms with Crippen molar-refractivity contribution in [1.82, 2.24) is 18.9 Å². The van der Waals surface area contributed by atoms with Gasteiger partial charge < -0.3 is 8.97 Å². The fourth-order valence-electron chi connectivity index (χ4n) is 8.12. The van der Waals surface area contributed by atoms with Crippen LogP contribution in [0.15, 0.2) is 182 Å². The molecule has 0 amide bonds. The Kier molecular flexibility index (Phi) is 6.22. The van der Waals surface area contributed by atoms with Gasteiger partial charge >= 0.3 is 0 Å². The standard InChI is InChI=1S/C48H30N4/c1-3-14-31(15-4-1)41-29-42(32-16-5-2-6-17-32)50-48(49-41)33-18-13-19-35(26-33)51-43-24-11-10-23-39(43)40-27-34-28-46-38-22-8-7-20-36(38)37-21-9-12-25-44(37)52(46)45(34)30-47(40)51/h1-30H. The highest BCUT2D eigenvalue weighted by Gasteiger charge is 2.18. The lowest BCUT2D eigenvalue weighted by molar-refractivity contribution is 1.16. The van der Waals surface area contributed by atoms with Crippen molar-refractivity contribution in [2.45, 2.75) is 0 Å². The normalized spacial score (nSPS) is 11.8. The maximum atomic E-state index is 5.14. The second kappa shape index (κ2) is 11.2. The molecule has 0 aliphatic heterocycles. The molecule has 7 aromatic carbocycles. The topological polar surface area (TPSA) is 35.1 Å². The van der Waals surface area contributed by atoms with Crippen LogP contribution >= 0.6 is 0 Å². The van der Waals surface area contributed by atoms with Crippen LogP contribution in [-0.2, 0) is 0 Å². The quantitative estimate of drug-likeness (QED) is 0.176. The molecule has 4 heteroatoms. The van der Waals surface area contributed by atoms with Gasteiger partial charge in [-0.25, -0.2) is 9.97 Å². The number of fused-ring (bicyclic) bond motifs is 11. The van der Waals surface area contributed by atoms with Crippen LogP contribution in [0.2, 0.25) is 0 Å². The Morgan fingerprint density at radius 2 is 0.885 bits per heavy atom. The number of nitrogens with zero attached hydrogens (tertiary/aromatic N) is 4. The highest BCUT2D eigenvalue weighted by atomic mass is 15.0. The Morgan fingerprint density at radius 3 is 1.58 bits per heavy atom. The van der Waals surface area contributed by atoms with E-state index in [1.165, 1.54) is 48.9 Å². The Bertz CT molecular complexity index is 3110. The Hall–Kier alpha value is -7.04. The monoisotopic (exact) mass is 662 g/mol. The zero-order valence-electron chi connectivity index (χ0n) is 28.1. The van der Waals surface area contributed by atoms with Crippen molar-refractivity contribution in [1.29, 1.82) is 0 Å². The van der Waals surface area contributed by atoms with Gasteiger partial charge in [-0.05, 0) is 53.9 Å². The summed E-state index contributed by atoms with van der Waals surface area (Å²) in [6.45, 7) is 0. The first-order chi connectivity index (χ1) is 25.8. The number of hydrogen-bond donors (Lipinski definition) is 0. The second-order valence-electron chi connectivity index (χ2n) is 13.5. The summed E-state index contributed by atoms with van der Waals surface area (Å²) in [7, 11) is 0. The van der Waals surface area contributed by atoms with E-state index in [1.54, 1.807) is 0 Å². The zero-order chi connectivity index (χ0) is 34.2. The average molecular weight is 663 g/mol. The van der Waals surface area contributed by atoms with Gasteiger partial charge in [0.05, 0.1) is 39.0 Å². The van der Waals surface area contributed by atoms with Gasteiger partial charge in [-0.3, -0.25) is 0 Å². The molecule has 0 aliphatic rings. The molecule has 11 aromatic rings. The molecule has 11 rings (SSSR count). The number of rotatable bonds is 4. The predicted molar refractivity (Wildman–Crippen MR) is 216 cm³/mol. The number of aromatic nitrogens is 4. The van der Waals surface area contributed by atoms with Crippen LogP contribution in [0.3, 0.4) is 0 Å². The number of benzene rings is 7. The van der Waals surface area contributed by atoms with Crippen LogP contribution in [0, 0.1) is 0 Å². The highest BCUT2D eigenvalue weighted by molar-refractivity contribution is 6.19. The summed E-state index contributed by atoms with van der Waals surface area (Å²) >= 11 is 0. The van der Waals surface area contributed by atoms with E-state index >= 15 is 0 Å². The first-order valence-corrected chi connectivity index (χ1v) is 17.7. The SMILES string of the molecule is c1ccc(-c2cc(-c3ccccc3)nc(-c3cccc(-n4c5ccccc5c5cc6cc7c8ccccc8c8ccccc8n7c6cc54)c3)n2)cc1. The van der Waals surface area contributed by atoms with Crippen molar-refractivity contribution in [3.05, 3.63) is 182 Å². The van der Waals surface area contributed by atoms with Gasteiger partial charge in [0.1, 0.15) is 0 Å². The van der Waals surface area contributed by atoms with Gasteiger partial charge in [0.15, 0.2) is 5.82 Å². The van der Waals surface area contributed by atoms with Crippen LogP contribution in [0.5, 0.6) is 0 Å². The summed E-state index contributed by atoms with van der Waals surface area (Å²) in [5.41, 5.74) is 11.9. The number of hydrogen-bond acceptors (Lipinski definition) is 2. The molecule has 0 bridgehead atoms. The van der Waals surface area contributed by atoms with Gasteiger partial charge in [0, 0.05) is 49.3 Å². The third kappa shape index (κ3) is 4.34. The zero-order valence-corrected chi connectivity index (χ0v) is 28.1. The summed E-state index contributed by atoms with van der Waals surface area (Å²) < 4.78 is 4.84. The van der Waals surface area contributed by atoms with Crippen molar-refractivity contribution < 1.29 is 0 Å². The summed E-state index contributed by atoms with van der Waals surface area (Å²) in [4.78, 5) is 10.3. The molecule has 0 saturated carbocycles. The lowest BCUT2D eigenvalue weighted by Gasteiger charge is -2.12. The molecular weight excluding hydrogens is 633 g/mol. The molecule has 0 radical (unpaired) electrons. The van der Waals surface area contributed by atoms with E-state index in [4.69, 9.17) is 9.97 Å². The predicted octanol–water partition coefficient (Wildman–Crippen LogP) is 12.3. The average Bonchev–Trinajstić information content (AvgIpc) is 3.76. The number of pyridine rings is 1. The van der Waals surface area contributed by atoms with Gasteiger partial charge in [-0.15, -0.1) is 0 Å². The smallest absolute Gasteiger partial charge is 0.160 e. The summed E-state index contributed by atoms with van der Waals surface area (Å²) in [6.07, 6.45) is 0. The van der Waals surface area contributed by atoms with Crippen molar-refractivity contribution in [3.63, 3.8) is 0 Å².